The number of aryl methyl sites for hydroxylation is 1. The summed E-state index contributed by atoms with van der Waals surface area (Å²) in [5.41, 5.74) is 0.830. The van der Waals surface area contributed by atoms with Crippen LogP contribution in [-0.2, 0) is 32.0 Å². The standard InChI is InChI=1S/C18H23ClN2O4/c1-5-24-15(22)9-7-13-10-12-6-8-14(19)20-17(12)21(13)11-16(23)25-18(2,3)4/h6,8,10H,5,7,9,11H2,1-4H3. The zero-order valence-electron chi connectivity index (χ0n) is 15.0. The number of aromatic nitrogens is 2. The molecule has 0 amide bonds. The third-order valence-corrected chi connectivity index (χ3v) is 3.60. The van der Waals surface area contributed by atoms with Gasteiger partial charge in [-0.3, -0.25) is 9.59 Å². The van der Waals surface area contributed by atoms with Crippen LogP contribution in [0.5, 0.6) is 0 Å². The topological polar surface area (TPSA) is 70.4 Å². The van der Waals surface area contributed by atoms with Crippen molar-refractivity contribution in [2.45, 2.75) is 52.7 Å². The van der Waals surface area contributed by atoms with Crippen LogP contribution in [0.1, 0.15) is 39.8 Å². The highest BCUT2D eigenvalue weighted by Crippen LogP contribution is 2.22. The minimum Gasteiger partial charge on any atom is -0.466 e. The second-order valence-corrected chi connectivity index (χ2v) is 7.05. The molecule has 0 N–H and O–H groups in total. The number of pyridine rings is 1. The fraction of sp³-hybridized carbons (Fsp3) is 0.500. The van der Waals surface area contributed by atoms with E-state index >= 15 is 0 Å². The van der Waals surface area contributed by atoms with E-state index in [0.717, 1.165) is 11.1 Å². The molecule has 2 heterocycles. The van der Waals surface area contributed by atoms with E-state index in [1.807, 2.05) is 32.9 Å². The summed E-state index contributed by atoms with van der Waals surface area (Å²) in [7, 11) is 0. The van der Waals surface area contributed by atoms with Gasteiger partial charge in [0.1, 0.15) is 22.9 Å². The van der Waals surface area contributed by atoms with Crippen molar-refractivity contribution in [2.24, 2.45) is 0 Å². The van der Waals surface area contributed by atoms with E-state index in [0.29, 0.717) is 23.8 Å². The van der Waals surface area contributed by atoms with E-state index in [-0.39, 0.29) is 24.9 Å². The number of rotatable bonds is 6. The van der Waals surface area contributed by atoms with Crippen LogP contribution in [0.3, 0.4) is 0 Å². The molecule has 0 fully saturated rings. The van der Waals surface area contributed by atoms with E-state index in [9.17, 15) is 9.59 Å². The lowest BCUT2D eigenvalue weighted by Crippen LogP contribution is -2.27. The summed E-state index contributed by atoms with van der Waals surface area (Å²) in [4.78, 5) is 28.2. The van der Waals surface area contributed by atoms with Gasteiger partial charge in [-0.25, -0.2) is 4.98 Å². The molecule has 0 spiro atoms. The Hall–Kier alpha value is -2.08. The molecular weight excluding hydrogens is 344 g/mol. The van der Waals surface area contributed by atoms with Crippen LogP contribution in [0.4, 0.5) is 0 Å². The molecule has 0 atom stereocenters. The van der Waals surface area contributed by atoms with Crippen molar-refractivity contribution >= 4 is 34.6 Å². The number of hydrogen-bond acceptors (Lipinski definition) is 5. The number of carbonyl (C=O) groups is 2. The van der Waals surface area contributed by atoms with Crippen molar-refractivity contribution in [1.29, 1.82) is 0 Å². The minimum atomic E-state index is -0.573. The average molecular weight is 367 g/mol. The number of halogens is 1. The van der Waals surface area contributed by atoms with Crippen molar-refractivity contribution in [3.63, 3.8) is 0 Å². The van der Waals surface area contributed by atoms with Crippen LogP contribution in [0.2, 0.25) is 5.15 Å². The molecule has 0 saturated carbocycles. The maximum atomic E-state index is 12.3. The number of carbonyl (C=O) groups excluding carboxylic acids is 2. The Morgan fingerprint density at radius 1 is 1.24 bits per heavy atom. The Morgan fingerprint density at radius 3 is 2.60 bits per heavy atom. The van der Waals surface area contributed by atoms with Gasteiger partial charge in [-0.15, -0.1) is 0 Å². The minimum absolute atomic E-state index is 0.00622. The molecule has 7 heteroatoms. The van der Waals surface area contributed by atoms with E-state index in [2.05, 4.69) is 4.98 Å². The summed E-state index contributed by atoms with van der Waals surface area (Å²) >= 11 is 6.00. The van der Waals surface area contributed by atoms with E-state index in [1.54, 1.807) is 17.6 Å². The Balaban J connectivity index is 2.30. The van der Waals surface area contributed by atoms with Crippen LogP contribution in [0, 0.1) is 0 Å². The molecule has 0 radical (unpaired) electrons. The predicted octanol–water partition coefficient (Wildman–Crippen LogP) is 3.53. The van der Waals surface area contributed by atoms with Gasteiger partial charge in [0.25, 0.3) is 0 Å². The SMILES string of the molecule is CCOC(=O)CCc1cc2ccc(Cl)nc2n1CC(=O)OC(C)(C)C. The van der Waals surface area contributed by atoms with Gasteiger partial charge in [0.05, 0.1) is 13.0 Å². The maximum Gasteiger partial charge on any atom is 0.326 e. The Bertz CT molecular complexity index is 777. The molecule has 25 heavy (non-hydrogen) atoms. The summed E-state index contributed by atoms with van der Waals surface area (Å²) < 4.78 is 12.1. The molecule has 2 aromatic rings. The lowest BCUT2D eigenvalue weighted by Gasteiger charge is -2.20. The van der Waals surface area contributed by atoms with Crippen LogP contribution in [0.15, 0.2) is 18.2 Å². The second kappa shape index (κ2) is 7.87. The number of nitrogens with zero attached hydrogens (tertiary/aromatic N) is 2. The van der Waals surface area contributed by atoms with E-state index in [4.69, 9.17) is 21.1 Å². The summed E-state index contributed by atoms with van der Waals surface area (Å²) in [6, 6.07) is 5.43. The van der Waals surface area contributed by atoms with Gasteiger partial charge < -0.3 is 14.0 Å². The Labute approximate surface area is 152 Å². The maximum absolute atomic E-state index is 12.3. The quantitative estimate of drug-likeness (QED) is 0.577. The number of hydrogen-bond donors (Lipinski definition) is 0. The molecule has 0 aliphatic carbocycles. The normalized spacial score (nSPS) is 11.6. The van der Waals surface area contributed by atoms with Gasteiger partial charge in [-0.05, 0) is 52.3 Å². The summed E-state index contributed by atoms with van der Waals surface area (Å²) in [6.07, 6.45) is 0.668. The first-order valence-electron chi connectivity index (χ1n) is 8.21. The van der Waals surface area contributed by atoms with Crippen LogP contribution >= 0.6 is 11.6 Å². The number of ether oxygens (including phenoxy) is 2. The van der Waals surface area contributed by atoms with E-state index < -0.39 is 5.60 Å². The van der Waals surface area contributed by atoms with Crippen LogP contribution in [-0.4, -0.2) is 33.7 Å². The molecule has 136 valence electrons. The first kappa shape index (κ1) is 19.2. The fourth-order valence-electron chi connectivity index (χ4n) is 2.51. The highest BCUT2D eigenvalue weighted by molar-refractivity contribution is 6.29. The van der Waals surface area contributed by atoms with Crippen LogP contribution < -0.4 is 0 Å². The van der Waals surface area contributed by atoms with Gasteiger partial charge >= 0.3 is 11.9 Å². The highest BCUT2D eigenvalue weighted by Gasteiger charge is 2.20. The largest absolute Gasteiger partial charge is 0.466 e. The molecule has 6 nitrogen and oxygen atoms in total. The van der Waals surface area contributed by atoms with Gasteiger partial charge in [0.15, 0.2) is 0 Å². The number of esters is 2. The first-order chi connectivity index (χ1) is 11.7. The Kier molecular flexibility index (Phi) is 6.06. The monoisotopic (exact) mass is 366 g/mol. The van der Waals surface area contributed by atoms with Crippen molar-refractivity contribution in [3.8, 4) is 0 Å². The van der Waals surface area contributed by atoms with Crippen molar-refractivity contribution < 1.29 is 19.1 Å². The zero-order chi connectivity index (χ0) is 18.6. The fourth-order valence-corrected chi connectivity index (χ4v) is 2.65. The third-order valence-electron chi connectivity index (χ3n) is 3.39. The van der Waals surface area contributed by atoms with Gasteiger partial charge in [-0.2, -0.15) is 0 Å². The first-order valence-corrected chi connectivity index (χ1v) is 8.59. The van der Waals surface area contributed by atoms with Gasteiger partial charge in [0.2, 0.25) is 0 Å². The lowest BCUT2D eigenvalue weighted by atomic mass is 10.2. The molecule has 2 aromatic heterocycles. The van der Waals surface area contributed by atoms with Crippen LogP contribution in [0.25, 0.3) is 11.0 Å². The molecule has 0 aliphatic rings. The molecule has 0 saturated heterocycles. The molecular formula is C18H23ClN2O4. The molecule has 0 unspecified atom stereocenters. The summed E-state index contributed by atoms with van der Waals surface area (Å²) in [5.74, 6) is -0.647. The average Bonchev–Trinajstić information content (AvgIpc) is 2.81. The van der Waals surface area contributed by atoms with Crippen molar-refractivity contribution in [3.05, 3.63) is 29.0 Å². The smallest absolute Gasteiger partial charge is 0.326 e. The highest BCUT2D eigenvalue weighted by atomic mass is 35.5. The second-order valence-electron chi connectivity index (χ2n) is 6.66. The van der Waals surface area contributed by atoms with Crippen molar-refractivity contribution in [2.75, 3.05) is 6.61 Å². The molecule has 2 rings (SSSR count). The summed E-state index contributed by atoms with van der Waals surface area (Å²) in [6.45, 7) is 7.56. The van der Waals surface area contributed by atoms with Gasteiger partial charge in [-0.1, -0.05) is 11.6 Å². The summed E-state index contributed by atoms with van der Waals surface area (Å²) in [5, 5.41) is 1.19. The van der Waals surface area contributed by atoms with Gasteiger partial charge in [0, 0.05) is 11.1 Å². The third kappa shape index (κ3) is 5.46. The molecule has 0 aliphatic heterocycles. The van der Waals surface area contributed by atoms with Crippen molar-refractivity contribution in [1.82, 2.24) is 9.55 Å². The van der Waals surface area contributed by atoms with E-state index in [1.165, 1.54) is 0 Å². The predicted molar refractivity (Wildman–Crippen MR) is 95.5 cm³/mol. The zero-order valence-corrected chi connectivity index (χ0v) is 15.7. The lowest BCUT2D eigenvalue weighted by molar-refractivity contribution is -0.155. The molecule has 0 bridgehead atoms. The number of fused-ring (bicyclic) bond motifs is 1. The Morgan fingerprint density at radius 2 is 1.96 bits per heavy atom. The molecule has 0 aromatic carbocycles.